The fraction of sp³-hybridized carbons (Fsp3) is 0.500. The monoisotopic (exact) mass is 338 g/mol. The first kappa shape index (κ1) is 17.5. The summed E-state index contributed by atoms with van der Waals surface area (Å²) in [6.45, 7) is 6.05. The van der Waals surface area contributed by atoms with Gasteiger partial charge in [0.05, 0.1) is 11.2 Å². The summed E-state index contributed by atoms with van der Waals surface area (Å²) in [6, 6.07) is 7.33. The number of nitrogens with two attached hydrogens (primary N) is 1. The van der Waals surface area contributed by atoms with E-state index < -0.39 is 22.4 Å². The number of anilines is 1. The predicted octanol–water partition coefficient (Wildman–Crippen LogP) is 2.83. The third kappa shape index (κ3) is 4.54. The molecule has 126 valence electrons. The Labute approximate surface area is 140 Å². The highest BCUT2D eigenvalue weighted by molar-refractivity contribution is 8.01. The zero-order chi connectivity index (χ0) is 17.3. The van der Waals surface area contributed by atoms with Crippen molar-refractivity contribution in [1.82, 2.24) is 4.90 Å². The molecule has 0 bridgehead atoms. The molecule has 0 aromatic heterocycles. The van der Waals surface area contributed by atoms with E-state index in [9.17, 15) is 14.7 Å². The molecular weight excluding hydrogens is 316 g/mol. The normalized spacial score (nSPS) is 16.6. The lowest BCUT2D eigenvalue weighted by atomic mass is 9.95. The number of amides is 1. The van der Waals surface area contributed by atoms with Crippen molar-refractivity contribution in [2.45, 2.75) is 42.4 Å². The van der Waals surface area contributed by atoms with Crippen molar-refractivity contribution in [3.8, 4) is 0 Å². The summed E-state index contributed by atoms with van der Waals surface area (Å²) < 4.78 is 4.75. The lowest BCUT2D eigenvalue weighted by molar-refractivity contribution is -0.138. The van der Waals surface area contributed by atoms with E-state index >= 15 is 0 Å². The van der Waals surface area contributed by atoms with Crippen molar-refractivity contribution < 1.29 is 19.4 Å². The molecule has 1 fully saturated rings. The van der Waals surface area contributed by atoms with Crippen LogP contribution >= 0.6 is 11.8 Å². The second-order valence-electron chi connectivity index (χ2n) is 6.73. The number of carboxylic acid groups (broad SMARTS) is 1. The summed E-state index contributed by atoms with van der Waals surface area (Å²) in [6.07, 6.45) is -0.453. The van der Waals surface area contributed by atoms with Gasteiger partial charge in [0, 0.05) is 23.7 Å². The standard InChI is InChI=1S/C16H22N2O4S/c1-15(2,3)22-14(21)18-9-16(10-18,8-13(19)20)23-12-7-5-4-6-11(12)17/h4-7H,8-10,17H2,1-3H3,(H,19,20). The van der Waals surface area contributed by atoms with E-state index in [0.29, 0.717) is 18.8 Å². The molecule has 7 heteroatoms. The second kappa shape index (κ2) is 6.31. The van der Waals surface area contributed by atoms with Crippen molar-refractivity contribution in [1.29, 1.82) is 0 Å². The first-order valence-corrected chi connectivity index (χ1v) is 8.15. The molecule has 1 aromatic rings. The summed E-state index contributed by atoms with van der Waals surface area (Å²) in [5, 5.41) is 9.19. The summed E-state index contributed by atoms with van der Waals surface area (Å²) in [5.74, 6) is -0.893. The van der Waals surface area contributed by atoms with Crippen LogP contribution in [0, 0.1) is 0 Å². The molecule has 0 unspecified atom stereocenters. The fourth-order valence-electron chi connectivity index (χ4n) is 2.40. The maximum atomic E-state index is 12.1. The Bertz CT molecular complexity index is 606. The Hall–Kier alpha value is -1.89. The number of rotatable bonds is 4. The van der Waals surface area contributed by atoms with E-state index in [1.54, 1.807) is 26.8 Å². The number of hydrogen-bond donors (Lipinski definition) is 2. The van der Waals surface area contributed by atoms with E-state index in [1.165, 1.54) is 16.7 Å². The van der Waals surface area contributed by atoms with Gasteiger partial charge in [0.15, 0.2) is 0 Å². The third-order valence-electron chi connectivity index (χ3n) is 3.33. The number of likely N-dealkylation sites (tertiary alicyclic amines) is 1. The summed E-state index contributed by atoms with van der Waals surface area (Å²) in [5.41, 5.74) is 5.98. The van der Waals surface area contributed by atoms with Crippen molar-refractivity contribution in [2.24, 2.45) is 0 Å². The van der Waals surface area contributed by atoms with Gasteiger partial charge >= 0.3 is 12.1 Å². The van der Waals surface area contributed by atoms with Crippen LogP contribution in [0.2, 0.25) is 0 Å². The van der Waals surface area contributed by atoms with Crippen molar-refractivity contribution in [2.75, 3.05) is 18.8 Å². The number of thioether (sulfide) groups is 1. The number of carbonyl (C=O) groups excluding carboxylic acids is 1. The quantitative estimate of drug-likeness (QED) is 0.820. The highest BCUT2D eigenvalue weighted by Gasteiger charge is 2.49. The van der Waals surface area contributed by atoms with Gasteiger partial charge in [-0.25, -0.2) is 4.79 Å². The topological polar surface area (TPSA) is 92.9 Å². The minimum atomic E-state index is -0.893. The highest BCUT2D eigenvalue weighted by atomic mass is 32.2. The first-order valence-electron chi connectivity index (χ1n) is 7.33. The predicted molar refractivity (Wildman–Crippen MR) is 89.5 cm³/mol. The lowest BCUT2D eigenvalue weighted by Gasteiger charge is -2.48. The number of ether oxygens (including phenoxy) is 1. The van der Waals surface area contributed by atoms with Gasteiger partial charge in [-0.05, 0) is 32.9 Å². The van der Waals surface area contributed by atoms with E-state index in [-0.39, 0.29) is 6.42 Å². The van der Waals surface area contributed by atoms with Crippen LogP contribution < -0.4 is 5.73 Å². The number of carboxylic acids is 1. The van der Waals surface area contributed by atoms with E-state index in [0.717, 1.165) is 4.90 Å². The van der Waals surface area contributed by atoms with Crippen molar-refractivity contribution in [3.63, 3.8) is 0 Å². The van der Waals surface area contributed by atoms with E-state index in [4.69, 9.17) is 10.5 Å². The van der Waals surface area contributed by atoms with Crippen LogP contribution in [0.4, 0.5) is 10.5 Å². The van der Waals surface area contributed by atoms with Gasteiger partial charge in [-0.1, -0.05) is 12.1 Å². The largest absolute Gasteiger partial charge is 0.481 e. The molecule has 0 aliphatic carbocycles. The average molecular weight is 338 g/mol. The molecule has 1 saturated heterocycles. The highest BCUT2D eigenvalue weighted by Crippen LogP contribution is 2.45. The molecule has 3 N–H and O–H groups in total. The number of para-hydroxylation sites is 1. The Balaban J connectivity index is 2.08. The van der Waals surface area contributed by atoms with E-state index in [2.05, 4.69) is 0 Å². The number of aliphatic carboxylic acids is 1. The van der Waals surface area contributed by atoms with Crippen LogP contribution in [0.15, 0.2) is 29.2 Å². The first-order chi connectivity index (χ1) is 10.6. The van der Waals surface area contributed by atoms with Crippen LogP contribution in [-0.2, 0) is 9.53 Å². The maximum absolute atomic E-state index is 12.1. The summed E-state index contributed by atoms with van der Waals surface area (Å²) in [4.78, 5) is 25.6. The summed E-state index contributed by atoms with van der Waals surface area (Å²) in [7, 11) is 0. The molecule has 0 saturated carbocycles. The molecule has 0 radical (unpaired) electrons. The minimum Gasteiger partial charge on any atom is -0.481 e. The Morgan fingerprint density at radius 2 is 1.96 bits per heavy atom. The number of benzene rings is 1. The second-order valence-corrected chi connectivity index (χ2v) is 8.24. The molecule has 0 atom stereocenters. The van der Waals surface area contributed by atoms with Crippen LogP contribution in [0.3, 0.4) is 0 Å². The van der Waals surface area contributed by atoms with Gasteiger partial charge in [0.1, 0.15) is 5.60 Å². The molecule has 1 aliphatic rings. The average Bonchev–Trinajstić information content (AvgIpc) is 2.35. The fourth-order valence-corrected chi connectivity index (χ4v) is 3.84. The Morgan fingerprint density at radius 3 is 2.48 bits per heavy atom. The van der Waals surface area contributed by atoms with Gasteiger partial charge in [-0.2, -0.15) is 0 Å². The zero-order valence-electron chi connectivity index (χ0n) is 13.5. The van der Waals surface area contributed by atoms with Gasteiger partial charge in [-0.3, -0.25) is 4.79 Å². The molecule has 2 rings (SSSR count). The van der Waals surface area contributed by atoms with Crippen LogP contribution in [0.1, 0.15) is 27.2 Å². The van der Waals surface area contributed by atoms with Gasteiger partial charge in [0.25, 0.3) is 0 Å². The Morgan fingerprint density at radius 1 is 1.35 bits per heavy atom. The number of hydrogen-bond acceptors (Lipinski definition) is 5. The van der Waals surface area contributed by atoms with Crippen molar-refractivity contribution >= 4 is 29.5 Å². The molecule has 1 heterocycles. The molecular formula is C16H22N2O4S. The van der Waals surface area contributed by atoms with E-state index in [1.807, 2.05) is 18.2 Å². The number of nitrogens with zero attached hydrogens (tertiary/aromatic N) is 1. The van der Waals surface area contributed by atoms with Gasteiger partial charge in [0.2, 0.25) is 0 Å². The molecule has 6 nitrogen and oxygen atoms in total. The van der Waals surface area contributed by atoms with Crippen LogP contribution in [-0.4, -0.2) is 45.5 Å². The lowest BCUT2D eigenvalue weighted by Crippen LogP contribution is -2.62. The Kier molecular flexibility index (Phi) is 4.79. The smallest absolute Gasteiger partial charge is 0.410 e. The third-order valence-corrected chi connectivity index (χ3v) is 4.76. The maximum Gasteiger partial charge on any atom is 0.410 e. The molecule has 1 aliphatic heterocycles. The van der Waals surface area contributed by atoms with Gasteiger partial charge in [-0.15, -0.1) is 11.8 Å². The zero-order valence-corrected chi connectivity index (χ0v) is 14.4. The SMILES string of the molecule is CC(C)(C)OC(=O)N1CC(CC(=O)O)(Sc2ccccc2N)C1. The molecule has 23 heavy (non-hydrogen) atoms. The molecule has 1 amide bonds. The van der Waals surface area contributed by atoms with Crippen LogP contribution in [0.25, 0.3) is 0 Å². The summed E-state index contributed by atoms with van der Waals surface area (Å²) >= 11 is 1.42. The molecule has 1 aromatic carbocycles. The van der Waals surface area contributed by atoms with Gasteiger partial charge < -0.3 is 20.5 Å². The minimum absolute atomic E-state index is 0.0364. The molecule has 0 spiro atoms. The van der Waals surface area contributed by atoms with Crippen LogP contribution in [0.5, 0.6) is 0 Å². The number of carbonyl (C=O) groups is 2. The number of nitrogen functional groups attached to an aromatic ring is 1. The van der Waals surface area contributed by atoms with Crippen molar-refractivity contribution in [3.05, 3.63) is 24.3 Å².